The van der Waals surface area contributed by atoms with Crippen LogP contribution < -0.4 is 0 Å². The molecular weight excluding hydrogens is 336 g/mol. The van der Waals surface area contributed by atoms with Crippen LogP contribution in [0.15, 0.2) is 35.2 Å². The third-order valence-electron chi connectivity index (χ3n) is 3.77. The first-order valence-corrected chi connectivity index (χ1v) is 8.77. The molecule has 0 unspecified atom stereocenters. The summed E-state index contributed by atoms with van der Waals surface area (Å²) in [5.74, 6) is -1.01. The van der Waals surface area contributed by atoms with Gasteiger partial charge < -0.3 is 14.4 Å². The highest BCUT2D eigenvalue weighted by Gasteiger charge is 2.41. The molecule has 1 saturated heterocycles. The Labute approximate surface area is 141 Å². The van der Waals surface area contributed by atoms with Crippen molar-refractivity contribution in [2.45, 2.75) is 10.9 Å². The largest absolute Gasteiger partial charge is 0.468 e. The molecule has 0 bridgehead atoms. The van der Waals surface area contributed by atoms with E-state index >= 15 is 0 Å². The summed E-state index contributed by atoms with van der Waals surface area (Å²) >= 11 is 0. The molecule has 9 heteroatoms. The van der Waals surface area contributed by atoms with Crippen LogP contribution in [0.2, 0.25) is 0 Å². The average Bonchev–Trinajstić information content (AvgIpc) is 2.61. The number of carbonyl (C=O) groups is 2. The first-order chi connectivity index (χ1) is 11.4. The lowest BCUT2D eigenvalue weighted by Gasteiger charge is -2.38. The summed E-state index contributed by atoms with van der Waals surface area (Å²) in [4.78, 5) is 25.5. The molecule has 1 atom stereocenters. The van der Waals surface area contributed by atoms with Crippen molar-refractivity contribution in [3.8, 4) is 0 Å². The lowest BCUT2D eigenvalue weighted by molar-refractivity contribution is -0.149. The highest BCUT2D eigenvalue weighted by atomic mass is 32.2. The van der Waals surface area contributed by atoms with Gasteiger partial charge in [0.25, 0.3) is 0 Å². The van der Waals surface area contributed by atoms with Gasteiger partial charge in [-0.3, -0.25) is 9.59 Å². The van der Waals surface area contributed by atoms with Crippen molar-refractivity contribution in [2.75, 3.05) is 40.5 Å². The lowest BCUT2D eigenvalue weighted by Crippen LogP contribution is -2.59. The van der Waals surface area contributed by atoms with Gasteiger partial charge in [-0.25, -0.2) is 8.42 Å². The van der Waals surface area contributed by atoms with Crippen LogP contribution in [0.5, 0.6) is 0 Å². The van der Waals surface area contributed by atoms with Gasteiger partial charge in [-0.1, -0.05) is 18.2 Å². The van der Waals surface area contributed by atoms with E-state index in [1.54, 1.807) is 18.2 Å². The quantitative estimate of drug-likeness (QED) is 0.673. The smallest absolute Gasteiger partial charge is 0.326 e. The van der Waals surface area contributed by atoms with E-state index in [4.69, 9.17) is 9.47 Å². The molecule has 0 saturated carbocycles. The second-order valence-corrected chi connectivity index (χ2v) is 7.13. The predicted molar refractivity (Wildman–Crippen MR) is 84.6 cm³/mol. The Kier molecular flexibility index (Phi) is 5.92. The molecule has 8 nitrogen and oxygen atoms in total. The summed E-state index contributed by atoms with van der Waals surface area (Å²) in [6.07, 6.45) is 0. The molecule has 1 aliphatic rings. The number of hydrogen-bond donors (Lipinski definition) is 0. The van der Waals surface area contributed by atoms with Gasteiger partial charge in [-0.05, 0) is 12.1 Å². The number of carbonyl (C=O) groups excluding carboxylic acids is 2. The van der Waals surface area contributed by atoms with E-state index in [0.717, 1.165) is 4.31 Å². The Balaban J connectivity index is 2.29. The highest BCUT2D eigenvalue weighted by molar-refractivity contribution is 7.89. The third-order valence-corrected chi connectivity index (χ3v) is 5.70. The standard InChI is InChI=1S/C15H20N2O6S/c1-22-11-14(18)16-8-9-17(13(10-16)15(19)23-2)24(20,21)12-6-4-3-5-7-12/h3-7,13H,8-11H2,1-2H3/t13-/m1/s1. The summed E-state index contributed by atoms with van der Waals surface area (Å²) in [6, 6.07) is 6.77. The minimum absolute atomic E-state index is 0.00640. The van der Waals surface area contributed by atoms with E-state index in [0.29, 0.717) is 0 Å². The van der Waals surface area contributed by atoms with Crippen LogP contribution in [0.3, 0.4) is 0 Å². The minimum atomic E-state index is -3.86. The topological polar surface area (TPSA) is 93.2 Å². The summed E-state index contributed by atoms with van der Waals surface area (Å²) in [5.41, 5.74) is 0. The zero-order chi connectivity index (χ0) is 17.7. The van der Waals surface area contributed by atoms with Crippen molar-refractivity contribution in [3.05, 3.63) is 30.3 Å². The van der Waals surface area contributed by atoms with Crippen molar-refractivity contribution in [1.82, 2.24) is 9.21 Å². The molecule has 1 aliphatic heterocycles. The van der Waals surface area contributed by atoms with Gasteiger partial charge in [0, 0.05) is 26.7 Å². The van der Waals surface area contributed by atoms with Crippen molar-refractivity contribution >= 4 is 21.9 Å². The van der Waals surface area contributed by atoms with Gasteiger partial charge in [0.1, 0.15) is 12.6 Å². The number of benzene rings is 1. The van der Waals surface area contributed by atoms with Gasteiger partial charge in [-0.2, -0.15) is 4.31 Å². The highest BCUT2D eigenvalue weighted by Crippen LogP contribution is 2.22. The molecular formula is C15H20N2O6S. The molecule has 0 radical (unpaired) electrons. The van der Waals surface area contributed by atoms with E-state index in [1.165, 1.54) is 31.3 Å². The Bertz CT molecular complexity index is 691. The Morgan fingerprint density at radius 2 is 1.83 bits per heavy atom. The van der Waals surface area contributed by atoms with Gasteiger partial charge in [0.2, 0.25) is 15.9 Å². The fourth-order valence-electron chi connectivity index (χ4n) is 2.55. The van der Waals surface area contributed by atoms with Crippen molar-refractivity contribution in [2.24, 2.45) is 0 Å². The first kappa shape index (κ1) is 18.4. The molecule has 1 amide bonds. The Morgan fingerprint density at radius 1 is 1.17 bits per heavy atom. The maximum Gasteiger partial charge on any atom is 0.326 e. The summed E-state index contributed by atoms with van der Waals surface area (Å²) in [7, 11) is -1.28. The van der Waals surface area contributed by atoms with Crippen LogP contribution >= 0.6 is 0 Å². The van der Waals surface area contributed by atoms with E-state index in [1.807, 2.05) is 0 Å². The number of sulfonamides is 1. The zero-order valence-corrected chi connectivity index (χ0v) is 14.4. The number of ether oxygens (including phenoxy) is 2. The predicted octanol–water partition coefficient (Wildman–Crippen LogP) is -0.292. The normalized spacial score (nSPS) is 19.1. The molecule has 132 valence electrons. The number of methoxy groups -OCH3 is 2. The van der Waals surface area contributed by atoms with E-state index < -0.39 is 22.0 Å². The maximum atomic E-state index is 12.8. The zero-order valence-electron chi connectivity index (χ0n) is 13.5. The van der Waals surface area contributed by atoms with Crippen LogP contribution in [0.25, 0.3) is 0 Å². The van der Waals surface area contributed by atoms with Gasteiger partial charge >= 0.3 is 5.97 Å². The van der Waals surface area contributed by atoms with E-state index in [9.17, 15) is 18.0 Å². The number of hydrogen-bond acceptors (Lipinski definition) is 6. The van der Waals surface area contributed by atoms with Gasteiger partial charge in [0.05, 0.1) is 12.0 Å². The van der Waals surface area contributed by atoms with Crippen LogP contribution in [0, 0.1) is 0 Å². The lowest BCUT2D eigenvalue weighted by atomic mass is 10.2. The van der Waals surface area contributed by atoms with E-state index in [-0.39, 0.29) is 37.0 Å². The number of nitrogens with zero attached hydrogens (tertiary/aromatic N) is 2. The molecule has 1 aromatic rings. The van der Waals surface area contributed by atoms with Crippen LogP contribution in [-0.2, 0) is 29.1 Å². The number of piperazine rings is 1. The molecule has 24 heavy (non-hydrogen) atoms. The number of rotatable bonds is 5. The van der Waals surface area contributed by atoms with Crippen molar-refractivity contribution < 1.29 is 27.5 Å². The fourth-order valence-corrected chi connectivity index (χ4v) is 4.13. The summed E-state index contributed by atoms with van der Waals surface area (Å²) in [5, 5.41) is 0. The molecule has 0 spiro atoms. The molecule has 1 fully saturated rings. The molecule has 0 N–H and O–H groups in total. The maximum absolute atomic E-state index is 12.8. The number of esters is 1. The van der Waals surface area contributed by atoms with Gasteiger partial charge in [-0.15, -0.1) is 0 Å². The first-order valence-electron chi connectivity index (χ1n) is 7.33. The molecule has 2 rings (SSSR count). The van der Waals surface area contributed by atoms with E-state index in [2.05, 4.69) is 0 Å². The van der Waals surface area contributed by atoms with Crippen LogP contribution in [-0.4, -0.2) is 76.0 Å². The SMILES string of the molecule is COCC(=O)N1CCN(S(=O)(=O)c2ccccc2)[C@@H](C(=O)OC)C1. The summed E-state index contributed by atoms with van der Waals surface area (Å²) < 4.78 is 36.2. The Morgan fingerprint density at radius 3 is 2.42 bits per heavy atom. The summed E-state index contributed by atoms with van der Waals surface area (Å²) in [6.45, 7) is -0.00550. The third kappa shape index (κ3) is 3.74. The van der Waals surface area contributed by atoms with Crippen molar-refractivity contribution in [3.63, 3.8) is 0 Å². The fraction of sp³-hybridized carbons (Fsp3) is 0.467. The van der Waals surface area contributed by atoms with Crippen molar-refractivity contribution in [1.29, 1.82) is 0 Å². The monoisotopic (exact) mass is 356 g/mol. The van der Waals surface area contributed by atoms with Crippen LogP contribution in [0.4, 0.5) is 0 Å². The second kappa shape index (κ2) is 7.73. The molecule has 0 aromatic heterocycles. The van der Waals surface area contributed by atoms with Crippen LogP contribution in [0.1, 0.15) is 0 Å². The minimum Gasteiger partial charge on any atom is -0.468 e. The van der Waals surface area contributed by atoms with Gasteiger partial charge in [0.15, 0.2) is 0 Å². The number of amides is 1. The average molecular weight is 356 g/mol. The molecule has 1 heterocycles. The Hall–Kier alpha value is -1.97. The second-order valence-electron chi connectivity index (χ2n) is 5.24. The molecule has 0 aliphatic carbocycles. The molecule has 1 aromatic carbocycles.